The zero-order valence-corrected chi connectivity index (χ0v) is 9.21. The Kier molecular flexibility index (Phi) is 5.44. The van der Waals surface area contributed by atoms with E-state index in [1.807, 2.05) is 12.3 Å². The van der Waals surface area contributed by atoms with Crippen molar-refractivity contribution in [2.45, 2.75) is 33.6 Å². The molecule has 0 amide bonds. The first kappa shape index (κ1) is 12.2. The van der Waals surface area contributed by atoms with Crippen molar-refractivity contribution in [2.75, 3.05) is 7.11 Å². The molecule has 76 valence electrons. The Balaban J connectivity index is 3.87. The molecule has 1 unspecified atom stereocenters. The quantitative estimate of drug-likeness (QED) is 0.364. The molecule has 1 atom stereocenters. The molecule has 0 saturated heterocycles. The third-order valence-corrected chi connectivity index (χ3v) is 2.18. The zero-order valence-electron chi connectivity index (χ0n) is 9.21. The summed E-state index contributed by atoms with van der Waals surface area (Å²) >= 11 is 0. The molecule has 0 saturated carbocycles. The number of hydrogen-bond donors (Lipinski definition) is 0. The molecule has 0 bridgehead atoms. The van der Waals surface area contributed by atoms with Gasteiger partial charge >= 0.3 is 0 Å². The van der Waals surface area contributed by atoms with Gasteiger partial charge in [-0.1, -0.05) is 32.0 Å². The molecular formula is C11H21NO. The molecule has 0 fully saturated rings. The first-order valence-corrected chi connectivity index (χ1v) is 4.70. The van der Waals surface area contributed by atoms with Crippen molar-refractivity contribution in [3.05, 3.63) is 12.7 Å². The first-order chi connectivity index (χ1) is 6.02. The highest BCUT2D eigenvalue weighted by atomic mass is 16.6. The molecule has 0 aromatic rings. The Morgan fingerprint density at radius 3 is 2.46 bits per heavy atom. The lowest BCUT2D eigenvalue weighted by molar-refractivity contribution is 0.213. The Bertz CT molecular complexity index is 167. The Morgan fingerprint density at radius 1 is 1.46 bits per heavy atom. The number of oxime groups is 1. The second-order valence-corrected chi connectivity index (χ2v) is 4.26. The van der Waals surface area contributed by atoms with E-state index >= 15 is 0 Å². The van der Waals surface area contributed by atoms with Gasteiger partial charge in [-0.2, -0.15) is 0 Å². The second-order valence-electron chi connectivity index (χ2n) is 4.26. The average molecular weight is 183 g/mol. The van der Waals surface area contributed by atoms with Crippen LogP contribution in [0, 0.1) is 11.3 Å². The van der Waals surface area contributed by atoms with Gasteiger partial charge in [-0.25, -0.2) is 0 Å². The van der Waals surface area contributed by atoms with Gasteiger partial charge < -0.3 is 4.84 Å². The molecule has 0 rings (SSSR count). The van der Waals surface area contributed by atoms with E-state index in [1.165, 1.54) is 0 Å². The number of rotatable bonds is 5. The highest BCUT2D eigenvalue weighted by Gasteiger charge is 2.20. The van der Waals surface area contributed by atoms with Crippen LogP contribution >= 0.6 is 0 Å². The Labute approximate surface area is 81.7 Å². The highest BCUT2D eigenvalue weighted by molar-refractivity contribution is 5.56. The monoisotopic (exact) mass is 183 g/mol. The molecule has 0 aliphatic carbocycles. The minimum atomic E-state index is 0.294. The van der Waals surface area contributed by atoms with Crippen molar-refractivity contribution < 1.29 is 4.84 Å². The van der Waals surface area contributed by atoms with Crippen molar-refractivity contribution in [1.29, 1.82) is 0 Å². The number of nitrogens with zero attached hydrogens (tertiary/aromatic N) is 1. The standard InChI is InChI=1S/C11H21NO/c1-6-10(11(2,3)4)8-7-9-12-13-5/h6,9-10H,1,7-8H2,2-5H3/b12-9+. The maximum atomic E-state index is 4.59. The summed E-state index contributed by atoms with van der Waals surface area (Å²) in [5.74, 6) is 0.538. The van der Waals surface area contributed by atoms with E-state index in [4.69, 9.17) is 0 Å². The number of allylic oxidation sites excluding steroid dienone is 1. The van der Waals surface area contributed by atoms with E-state index in [9.17, 15) is 0 Å². The molecule has 2 nitrogen and oxygen atoms in total. The van der Waals surface area contributed by atoms with E-state index < -0.39 is 0 Å². The van der Waals surface area contributed by atoms with Gasteiger partial charge in [0.25, 0.3) is 0 Å². The van der Waals surface area contributed by atoms with Crippen LogP contribution in [-0.2, 0) is 4.84 Å². The van der Waals surface area contributed by atoms with Crippen molar-refractivity contribution in [2.24, 2.45) is 16.5 Å². The van der Waals surface area contributed by atoms with Gasteiger partial charge in [-0.3, -0.25) is 0 Å². The van der Waals surface area contributed by atoms with Gasteiger partial charge in [0.15, 0.2) is 0 Å². The lowest BCUT2D eigenvalue weighted by Crippen LogP contribution is -2.18. The molecule has 13 heavy (non-hydrogen) atoms. The summed E-state index contributed by atoms with van der Waals surface area (Å²) in [6, 6.07) is 0. The second kappa shape index (κ2) is 5.79. The zero-order chi connectivity index (χ0) is 10.3. The van der Waals surface area contributed by atoms with E-state index in [0.717, 1.165) is 12.8 Å². The highest BCUT2D eigenvalue weighted by Crippen LogP contribution is 2.29. The predicted molar refractivity (Wildman–Crippen MR) is 57.9 cm³/mol. The third-order valence-electron chi connectivity index (χ3n) is 2.18. The normalized spacial score (nSPS) is 14.5. The van der Waals surface area contributed by atoms with Crippen LogP contribution in [0.1, 0.15) is 33.6 Å². The molecule has 0 spiro atoms. The smallest absolute Gasteiger partial charge is 0.106 e. The van der Waals surface area contributed by atoms with Crippen molar-refractivity contribution >= 4 is 6.21 Å². The fraction of sp³-hybridized carbons (Fsp3) is 0.727. The van der Waals surface area contributed by atoms with Crippen LogP contribution in [0.3, 0.4) is 0 Å². The van der Waals surface area contributed by atoms with Crippen molar-refractivity contribution in [3.63, 3.8) is 0 Å². The first-order valence-electron chi connectivity index (χ1n) is 4.70. The average Bonchev–Trinajstić information content (AvgIpc) is 2.02. The van der Waals surface area contributed by atoms with Crippen LogP contribution in [0.15, 0.2) is 17.8 Å². The SMILES string of the molecule is C=CC(CC/C=N/OC)C(C)(C)C. The van der Waals surface area contributed by atoms with Gasteiger partial charge in [0.05, 0.1) is 0 Å². The number of hydrogen-bond acceptors (Lipinski definition) is 2. The Hall–Kier alpha value is -0.790. The van der Waals surface area contributed by atoms with Crippen LogP contribution in [0.4, 0.5) is 0 Å². The van der Waals surface area contributed by atoms with Crippen molar-refractivity contribution in [1.82, 2.24) is 0 Å². The maximum Gasteiger partial charge on any atom is 0.106 e. The largest absolute Gasteiger partial charge is 0.399 e. The molecule has 0 radical (unpaired) electrons. The van der Waals surface area contributed by atoms with E-state index in [0.29, 0.717) is 11.3 Å². The maximum absolute atomic E-state index is 4.59. The predicted octanol–water partition coefficient (Wildman–Crippen LogP) is 3.25. The van der Waals surface area contributed by atoms with Crippen LogP contribution < -0.4 is 0 Å². The van der Waals surface area contributed by atoms with Gasteiger partial charge in [0.1, 0.15) is 7.11 Å². The Morgan fingerprint density at radius 2 is 2.08 bits per heavy atom. The molecule has 0 aliphatic heterocycles. The molecule has 0 aromatic heterocycles. The lowest BCUT2D eigenvalue weighted by Gasteiger charge is -2.27. The topological polar surface area (TPSA) is 21.6 Å². The fourth-order valence-electron chi connectivity index (χ4n) is 1.29. The lowest BCUT2D eigenvalue weighted by atomic mass is 9.78. The van der Waals surface area contributed by atoms with Gasteiger partial charge in [-0.05, 0) is 24.2 Å². The van der Waals surface area contributed by atoms with E-state index in [-0.39, 0.29) is 0 Å². The van der Waals surface area contributed by atoms with E-state index in [1.54, 1.807) is 7.11 Å². The summed E-state index contributed by atoms with van der Waals surface area (Å²) in [7, 11) is 1.56. The van der Waals surface area contributed by atoms with Crippen LogP contribution in [0.5, 0.6) is 0 Å². The summed E-state index contributed by atoms with van der Waals surface area (Å²) in [6.45, 7) is 10.5. The van der Waals surface area contributed by atoms with Crippen LogP contribution in [0.2, 0.25) is 0 Å². The minimum Gasteiger partial charge on any atom is -0.399 e. The van der Waals surface area contributed by atoms with Gasteiger partial charge in [0, 0.05) is 6.21 Å². The summed E-state index contributed by atoms with van der Waals surface area (Å²) < 4.78 is 0. The molecule has 0 aliphatic rings. The third kappa shape index (κ3) is 5.45. The molecular weight excluding hydrogens is 162 g/mol. The minimum absolute atomic E-state index is 0.294. The molecule has 0 aromatic carbocycles. The fourth-order valence-corrected chi connectivity index (χ4v) is 1.29. The summed E-state index contributed by atoms with van der Waals surface area (Å²) in [5.41, 5.74) is 0.294. The van der Waals surface area contributed by atoms with Crippen molar-refractivity contribution in [3.8, 4) is 0 Å². The summed E-state index contributed by atoms with van der Waals surface area (Å²) in [4.78, 5) is 4.59. The summed E-state index contributed by atoms with van der Waals surface area (Å²) in [6.07, 6.45) is 5.87. The molecule has 0 heterocycles. The van der Waals surface area contributed by atoms with E-state index in [2.05, 4.69) is 37.3 Å². The molecule has 2 heteroatoms. The molecule has 0 N–H and O–H groups in total. The van der Waals surface area contributed by atoms with Gasteiger partial charge in [0.2, 0.25) is 0 Å². The summed E-state index contributed by atoms with van der Waals surface area (Å²) in [5, 5.41) is 3.70. The van der Waals surface area contributed by atoms with Crippen LogP contribution in [0.25, 0.3) is 0 Å². The van der Waals surface area contributed by atoms with Crippen LogP contribution in [-0.4, -0.2) is 13.3 Å². The van der Waals surface area contributed by atoms with Gasteiger partial charge in [-0.15, -0.1) is 6.58 Å².